The number of phenols is 1. The van der Waals surface area contributed by atoms with Crippen LogP contribution in [-0.4, -0.2) is 5.11 Å². The van der Waals surface area contributed by atoms with Gasteiger partial charge in [-0.05, 0) is 40.2 Å². The van der Waals surface area contributed by atoms with Crippen molar-refractivity contribution in [2.75, 3.05) is 5.32 Å². The molecule has 0 atom stereocenters. The lowest BCUT2D eigenvalue weighted by Crippen LogP contribution is -1.99. The van der Waals surface area contributed by atoms with E-state index in [4.69, 9.17) is 0 Å². The van der Waals surface area contributed by atoms with E-state index in [0.717, 1.165) is 14.7 Å². The van der Waals surface area contributed by atoms with Gasteiger partial charge in [0.2, 0.25) is 5.82 Å². The van der Waals surface area contributed by atoms with Gasteiger partial charge in [0, 0.05) is 11.4 Å². The molecule has 0 spiro atoms. The molecule has 0 aliphatic rings. The molecule has 1 aromatic heterocycles. The minimum absolute atomic E-state index is 0.174. The Hall–Kier alpha value is -1.14. The van der Waals surface area contributed by atoms with Crippen LogP contribution in [-0.2, 0) is 6.54 Å². The molecule has 0 fully saturated rings. The molecule has 2 rings (SSSR count). The fourth-order valence-corrected chi connectivity index (χ4v) is 2.73. The van der Waals surface area contributed by atoms with Crippen molar-refractivity contribution < 1.29 is 13.9 Å². The molecule has 0 saturated heterocycles. The van der Waals surface area contributed by atoms with Crippen LogP contribution in [0.1, 0.15) is 4.88 Å². The van der Waals surface area contributed by atoms with E-state index in [2.05, 4.69) is 21.2 Å². The second-order valence-electron chi connectivity index (χ2n) is 3.32. The van der Waals surface area contributed by atoms with E-state index in [1.807, 2.05) is 12.1 Å². The van der Waals surface area contributed by atoms with Crippen LogP contribution in [0.25, 0.3) is 0 Å². The van der Waals surface area contributed by atoms with Crippen LogP contribution in [0, 0.1) is 11.6 Å². The number of hydrogen-bond acceptors (Lipinski definition) is 3. The Morgan fingerprint density at radius 1 is 1.24 bits per heavy atom. The summed E-state index contributed by atoms with van der Waals surface area (Å²) in [6.45, 7) is 0.439. The number of thiophene rings is 1. The van der Waals surface area contributed by atoms with Crippen LogP contribution in [0.5, 0.6) is 5.75 Å². The molecule has 0 bridgehead atoms. The molecular formula is C11H8BrF2NOS. The highest BCUT2D eigenvalue weighted by Crippen LogP contribution is 2.29. The zero-order valence-corrected chi connectivity index (χ0v) is 10.9. The van der Waals surface area contributed by atoms with Gasteiger partial charge in [-0.1, -0.05) is 0 Å². The summed E-state index contributed by atoms with van der Waals surface area (Å²) in [6.07, 6.45) is 0. The van der Waals surface area contributed by atoms with Crippen LogP contribution in [0.3, 0.4) is 0 Å². The first kappa shape index (κ1) is 12.3. The van der Waals surface area contributed by atoms with Gasteiger partial charge < -0.3 is 10.4 Å². The number of nitrogens with one attached hydrogen (secondary N) is 1. The van der Waals surface area contributed by atoms with E-state index in [1.54, 1.807) is 0 Å². The first-order valence-corrected chi connectivity index (χ1v) is 6.34. The quantitative estimate of drug-likeness (QED) is 0.834. The summed E-state index contributed by atoms with van der Waals surface area (Å²) in [4.78, 5) is 1.01. The Morgan fingerprint density at radius 2 is 2.00 bits per heavy atom. The van der Waals surface area contributed by atoms with E-state index in [0.29, 0.717) is 6.54 Å². The van der Waals surface area contributed by atoms with Crippen molar-refractivity contribution >= 4 is 33.0 Å². The van der Waals surface area contributed by atoms with Crippen LogP contribution in [0.4, 0.5) is 14.5 Å². The molecule has 90 valence electrons. The molecule has 17 heavy (non-hydrogen) atoms. The Labute approximate surface area is 109 Å². The van der Waals surface area contributed by atoms with Gasteiger partial charge in [0.25, 0.3) is 0 Å². The number of rotatable bonds is 3. The van der Waals surface area contributed by atoms with Gasteiger partial charge in [0.1, 0.15) is 0 Å². The molecule has 2 N–H and O–H groups in total. The van der Waals surface area contributed by atoms with Crippen molar-refractivity contribution in [3.63, 3.8) is 0 Å². The average Bonchev–Trinajstić information content (AvgIpc) is 2.71. The molecule has 0 aliphatic heterocycles. The van der Waals surface area contributed by atoms with Gasteiger partial charge in [-0.3, -0.25) is 0 Å². The van der Waals surface area contributed by atoms with Gasteiger partial charge >= 0.3 is 0 Å². The fourth-order valence-electron chi connectivity index (χ4n) is 1.31. The minimum atomic E-state index is -1.23. The second kappa shape index (κ2) is 5.01. The van der Waals surface area contributed by atoms with Gasteiger partial charge in [0.05, 0.1) is 9.47 Å². The number of phenolic OH excluding ortho intramolecular Hbond substituents is 1. The van der Waals surface area contributed by atoms with Crippen LogP contribution < -0.4 is 5.32 Å². The van der Waals surface area contributed by atoms with Crippen molar-refractivity contribution in [1.82, 2.24) is 0 Å². The molecular weight excluding hydrogens is 312 g/mol. The van der Waals surface area contributed by atoms with E-state index < -0.39 is 17.4 Å². The molecule has 2 nitrogen and oxygen atoms in total. The third-order valence-corrected chi connectivity index (χ3v) is 3.77. The summed E-state index contributed by atoms with van der Waals surface area (Å²) in [5, 5.41) is 12.2. The van der Waals surface area contributed by atoms with E-state index >= 15 is 0 Å². The largest absolute Gasteiger partial charge is 0.503 e. The summed E-state index contributed by atoms with van der Waals surface area (Å²) in [5.74, 6) is -2.99. The van der Waals surface area contributed by atoms with Gasteiger partial charge in [-0.15, -0.1) is 11.3 Å². The lowest BCUT2D eigenvalue weighted by molar-refractivity contribution is 0.409. The van der Waals surface area contributed by atoms with Crippen LogP contribution in [0.15, 0.2) is 28.1 Å². The van der Waals surface area contributed by atoms with Crippen LogP contribution in [0.2, 0.25) is 0 Å². The summed E-state index contributed by atoms with van der Waals surface area (Å²) in [5.41, 5.74) is 0.174. The predicted molar refractivity (Wildman–Crippen MR) is 67.4 cm³/mol. The molecule has 0 saturated carbocycles. The van der Waals surface area contributed by atoms with Crippen molar-refractivity contribution in [2.24, 2.45) is 0 Å². The fraction of sp³-hybridized carbons (Fsp3) is 0.0909. The van der Waals surface area contributed by atoms with E-state index in [1.165, 1.54) is 17.4 Å². The predicted octanol–water partition coefficient (Wildman–Crippen LogP) is 4.11. The number of aromatic hydroxyl groups is 1. The number of hydrogen-bond donors (Lipinski definition) is 2. The lowest BCUT2D eigenvalue weighted by atomic mass is 10.2. The normalized spacial score (nSPS) is 10.5. The summed E-state index contributed by atoms with van der Waals surface area (Å²) in [7, 11) is 0. The third kappa shape index (κ3) is 2.76. The van der Waals surface area contributed by atoms with Gasteiger partial charge in [-0.2, -0.15) is 4.39 Å². The standard InChI is InChI=1S/C11H8BrF2NOS/c12-9-4-1-6(17-9)5-15-8-3-2-7(13)10(14)11(8)16/h1-4,15-16H,5H2. The Morgan fingerprint density at radius 3 is 2.65 bits per heavy atom. The minimum Gasteiger partial charge on any atom is -0.503 e. The van der Waals surface area contributed by atoms with Crippen molar-refractivity contribution in [1.29, 1.82) is 0 Å². The summed E-state index contributed by atoms with van der Waals surface area (Å²) >= 11 is 4.85. The number of anilines is 1. The number of halogens is 3. The van der Waals surface area contributed by atoms with Gasteiger partial charge in [0.15, 0.2) is 11.6 Å². The molecule has 0 unspecified atom stereocenters. The van der Waals surface area contributed by atoms with E-state index in [9.17, 15) is 13.9 Å². The smallest absolute Gasteiger partial charge is 0.202 e. The Bertz CT molecular complexity index is 544. The van der Waals surface area contributed by atoms with Crippen molar-refractivity contribution in [2.45, 2.75) is 6.54 Å². The average molecular weight is 320 g/mol. The number of benzene rings is 1. The molecule has 0 amide bonds. The highest BCUT2D eigenvalue weighted by atomic mass is 79.9. The van der Waals surface area contributed by atoms with Gasteiger partial charge in [-0.25, -0.2) is 4.39 Å². The second-order valence-corrected chi connectivity index (χ2v) is 5.86. The first-order valence-electron chi connectivity index (χ1n) is 4.73. The highest BCUT2D eigenvalue weighted by Gasteiger charge is 2.12. The molecule has 1 heterocycles. The summed E-state index contributed by atoms with van der Waals surface area (Å²) in [6, 6.07) is 6.07. The molecule has 2 aromatic rings. The lowest BCUT2D eigenvalue weighted by Gasteiger charge is -2.08. The zero-order valence-electron chi connectivity index (χ0n) is 8.51. The Balaban J connectivity index is 2.12. The monoisotopic (exact) mass is 319 g/mol. The first-order chi connectivity index (χ1) is 8.08. The highest BCUT2D eigenvalue weighted by molar-refractivity contribution is 9.11. The van der Waals surface area contributed by atoms with Crippen molar-refractivity contribution in [3.05, 3.63) is 44.6 Å². The SMILES string of the molecule is Oc1c(NCc2ccc(Br)s2)ccc(F)c1F. The van der Waals surface area contributed by atoms with E-state index in [-0.39, 0.29) is 5.69 Å². The maximum absolute atomic E-state index is 13.1. The Kier molecular flexibility index (Phi) is 3.63. The molecule has 6 heteroatoms. The zero-order chi connectivity index (χ0) is 12.4. The van der Waals surface area contributed by atoms with Crippen LogP contribution >= 0.6 is 27.3 Å². The maximum atomic E-state index is 13.1. The molecule has 0 radical (unpaired) electrons. The maximum Gasteiger partial charge on any atom is 0.202 e. The molecule has 0 aliphatic carbocycles. The molecule has 1 aromatic carbocycles. The van der Waals surface area contributed by atoms with Crippen molar-refractivity contribution in [3.8, 4) is 5.75 Å². The summed E-state index contributed by atoms with van der Waals surface area (Å²) < 4.78 is 26.8. The topological polar surface area (TPSA) is 32.3 Å². The third-order valence-electron chi connectivity index (χ3n) is 2.15.